The lowest BCUT2D eigenvalue weighted by molar-refractivity contribution is 0.712. The normalized spacial score (nSPS) is 11.3. The van der Waals surface area contributed by atoms with Crippen molar-refractivity contribution in [2.24, 2.45) is 7.05 Å². The molecule has 4 heteroatoms. The van der Waals surface area contributed by atoms with E-state index in [0.717, 1.165) is 23.6 Å². The van der Waals surface area contributed by atoms with Gasteiger partial charge in [0.2, 0.25) is 0 Å². The van der Waals surface area contributed by atoms with Crippen molar-refractivity contribution >= 4 is 10.9 Å². The van der Waals surface area contributed by atoms with Crippen LogP contribution in [0.1, 0.15) is 11.5 Å². The Kier molecular flexibility index (Phi) is 2.87. The van der Waals surface area contributed by atoms with Gasteiger partial charge >= 0.3 is 0 Å². The molecule has 2 aromatic heterocycles. The summed E-state index contributed by atoms with van der Waals surface area (Å²) in [5.41, 5.74) is 4.62. The van der Waals surface area contributed by atoms with Gasteiger partial charge in [0.1, 0.15) is 5.82 Å². The smallest absolute Gasteiger partial charge is 0.123 e. The Morgan fingerprint density at radius 3 is 2.89 bits per heavy atom. The van der Waals surface area contributed by atoms with E-state index >= 15 is 0 Å². The molecular formula is C15H18N4. The van der Waals surface area contributed by atoms with Gasteiger partial charge in [-0.15, -0.1) is 0 Å². The quantitative estimate of drug-likeness (QED) is 0.754. The molecule has 0 fully saturated rings. The van der Waals surface area contributed by atoms with E-state index in [1.165, 1.54) is 16.6 Å². The summed E-state index contributed by atoms with van der Waals surface area (Å²) in [6.45, 7) is 2.84. The minimum absolute atomic E-state index is 0.777. The topological polar surface area (TPSA) is 45.6 Å². The highest BCUT2D eigenvalue weighted by Gasteiger charge is 2.15. The first-order valence-electron chi connectivity index (χ1n) is 6.45. The second kappa shape index (κ2) is 4.55. The number of para-hydroxylation sites is 1. The van der Waals surface area contributed by atoms with Crippen molar-refractivity contribution < 1.29 is 0 Å². The predicted molar refractivity (Wildman–Crippen MR) is 78.0 cm³/mol. The Bertz CT molecular complexity index is 721. The van der Waals surface area contributed by atoms with E-state index in [4.69, 9.17) is 0 Å². The summed E-state index contributed by atoms with van der Waals surface area (Å²) in [5, 5.41) is 4.40. The molecule has 0 unspecified atom stereocenters. The zero-order valence-corrected chi connectivity index (χ0v) is 11.5. The van der Waals surface area contributed by atoms with Gasteiger partial charge in [0, 0.05) is 29.7 Å². The average molecular weight is 254 g/mol. The lowest BCUT2D eigenvalue weighted by Crippen LogP contribution is -2.10. The molecule has 0 amide bonds. The fraction of sp³-hybridized carbons (Fsp3) is 0.267. The standard InChI is InChI=1S/C15H18N4/c1-10-15(19(3)14(18-10)9-16-2)12-8-17-13-7-5-4-6-11(12)13/h4-8,16-17H,9H2,1-3H3. The lowest BCUT2D eigenvalue weighted by Gasteiger charge is -2.05. The maximum Gasteiger partial charge on any atom is 0.123 e. The first-order chi connectivity index (χ1) is 9.22. The van der Waals surface area contributed by atoms with Crippen LogP contribution in [0.2, 0.25) is 0 Å². The van der Waals surface area contributed by atoms with Crippen LogP contribution in [-0.4, -0.2) is 21.6 Å². The zero-order chi connectivity index (χ0) is 13.4. The number of hydrogen-bond donors (Lipinski definition) is 2. The summed E-state index contributed by atoms with van der Waals surface area (Å²) in [7, 11) is 4.01. The summed E-state index contributed by atoms with van der Waals surface area (Å²) in [6, 6.07) is 8.36. The number of H-pyrrole nitrogens is 1. The molecule has 0 spiro atoms. The Balaban J connectivity index is 2.21. The number of benzene rings is 1. The highest BCUT2D eigenvalue weighted by atomic mass is 15.1. The monoisotopic (exact) mass is 254 g/mol. The van der Waals surface area contributed by atoms with E-state index in [1.54, 1.807) is 0 Å². The van der Waals surface area contributed by atoms with Crippen molar-refractivity contribution in [2.45, 2.75) is 13.5 Å². The molecule has 0 aliphatic carbocycles. The third kappa shape index (κ3) is 1.85. The van der Waals surface area contributed by atoms with Gasteiger partial charge in [-0.25, -0.2) is 4.98 Å². The molecule has 0 bridgehead atoms. The summed E-state index contributed by atoms with van der Waals surface area (Å²) >= 11 is 0. The Morgan fingerprint density at radius 1 is 1.32 bits per heavy atom. The Hall–Kier alpha value is -2.07. The Labute approximate surface area is 112 Å². The molecule has 4 nitrogen and oxygen atoms in total. The predicted octanol–water partition coefficient (Wildman–Crippen LogP) is 2.60. The van der Waals surface area contributed by atoms with E-state index < -0.39 is 0 Å². The maximum atomic E-state index is 4.65. The number of hydrogen-bond acceptors (Lipinski definition) is 2. The second-order valence-corrected chi connectivity index (χ2v) is 4.80. The van der Waals surface area contributed by atoms with Crippen molar-refractivity contribution in [3.05, 3.63) is 42.0 Å². The van der Waals surface area contributed by atoms with Crippen LogP contribution in [-0.2, 0) is 13.6 Å². The van der Waals surface area contributed by atoms with E-state index in [9.17, 15) is 0 Å². The number of imidazole rings is 1. The number of nitrogens with one attached hydrogen (secondary N) is 2. The molecule has 0 saturated heterocycles. The van der Waals surface area contributed by atoms with Crippen LogP contribution in [0.5, 0.6) is 0 Å². The number of nitrogens with zero attached hydrogens (tertiary/aromatic N) is 2. The molecule has 3 rings (SSSR count). The van der Waals surface area contributed by atoms with Crippen molar-refractivity contribution in [2.75, 3.05) is 7.05 Å². The van der Waals surface area contributed by atoms with Crippen molar-refractivity contribution in [1.29, 1.82) is 0 Å². The van der Waals surface area contributed by atoms with Crippen LogP contribution in [0.25, 0.3) is 22.2 Å². The summed E-state index contributed by atoms with van der Waals surface area (Å²) in [4.78, 5) is 7.97. The fourth-order valence-corrected chi connectivity index (χ4v) is 2.65. The molecule has 3 aromatic rings. The van der Waals surface area contributed by atoms with Crippen molar-refractivity contribution in [3.8, 4) is 11.3 Å². The largest absolute Gasteiger partial charge is 0.360 e. The van der Waals surface area contributed by atoms with Crippen LogP contribution in [0, 0.1) is 6.92 Å². The minimum Gasteiger partial charge on any atom is -0.360 e. The molecule has 2 N–H and O–H groups in total. The van der Waals surface area contributed by atoms with Crippen LogP contribution >= 0.6 is 0 Å². The van der Waals surface area contributed by atoms with Gasteiger partial charge in [-0.05, 0) is 20.0 Å². The van der Waals surface area contributed by atoms with Gasteiger partial charge in [-0.2, -0.15) is 0 Å². The second-order valence-electron chi connectivity index (χ2n) is 4.80. The van der Waals surface area contributed by atoms with Crippen LogP contribution in [0.3, 0.4) is 0 Å². The molecule has 0 aliphatic heterocycles. The van der Waals surface area contributed by atoms with E-state index in [0.29, 0.717) is 0 Å². The molecular weight excluding hydrogens is 236 g/mol. The van der Waals surface area contributed by atoms with Gasteiger partial charge in [0.25, 0.3) is 0 Å². The summed E-state index contributed by atoms with van der Waals surface area (Å²) in [5.74, 6) is 1.06. The van der Waals surface area contributed by atoms with Gasteiger partial charge < -0.3 is 14.9 Å². The number of aromatic amines is 1. The third-order valence-electron chi connectivity index (χ3n) is 3.54. The molecule has 19 heavy (non-hydrogen) atoms. The first-order valence-corrected chi connectivity index (χ1v) is 6.45. The van der Waals surface area contributed by atoms with E-state index in [2.05, 4.69) is 58.2 Å². The number of aryl methyl sites for hydroxylation is 1. The van der Waals surface area contributed by atoms with Gasteiger partial charge in [-0.1, -0.05) is 18.2 Å². The molecule has 0 saturated carbocycles. The highest BCUT2D eigenvalue weighted by molar-refractivity contribution is 5.95. The van der Waals surface area contributed by atoms with Crippen LogP contribution in [0.15, 0.2) is 30.5 Å². The summed E-state index contributed by atoms with van der Waals surface area (Å²) in [6.07, 6.45) is 2.07. The SMILES string of the molecule is CNCc1nc(C)c(-c2c[nH]c3ccccc23)n1C. The lowest BCUT2D eigenvalue weighted by atomic mass is 10.1. The van der Waals surface area contributed by atoms with Crippen LogP contribution < -0.4 is 5.32 Å². The molecule has 0 aliphatic rings. The minimum atomic E-state index is 0.777. The number of rotatable bonds is 3. The molecule has 2 heterocycles. The fourth-order valence-electron chi connectivity index (χ4n) is 2.65. The molecule has 0 radical (unpaired) electrons. The van der Waals surface area contributed by atoms with Gasteiger partial charge in [-0.3, -0.25) is 0 Å². The highest BCUT2D eigenvalue weighted by Crippen LogP contribution is 2.30. The van der Waals surface area contributed by atoms with Crippen LogP contribution in [0.4, 0.5) is 0 Å². The maximum absolute atomic E-state index is 4.65. The number of fused-ring (bicyclic) bond motifs is 1. The van der Waals surface area contributed by atoms with Crippen molar-refractivity contribution in [3.63, 3.8) is 0 Å². The van der Waals surface area contributed by atoms with Gasteiger partial charge in [0.05, 0.1) is 17.9 Å². The summed E-state index contributed by atoms with van der Waals surface area (Å²) < 4.78 is 2.17. The Morgan fingerprint density at radius 2 is 2.11 bits per heavy atom. The first kappa shape index (κ1) is 12.0. The van der Waals surface area contributed by atoms with Gasteiger partial charge in [0.15, 0.2) is 0 Å². The third-order valence-corrected chi connectivity index (χ3v) is 3.54. The number of aromatic nitrogens is 3. The van der Waals surface area contributed by atoms with E-state index in [-0.39, 0.29) is 0 Å². The molecule has 98 valence electrons. The van der Waals surface area contributed by atoms with E-state index in [1.807, 2.05) is 13.1 Å². The molecule has 0 atom stereocenters. The zero-order valence-electron chi connectivity index (χ0n) is 11.5. The molecule has 1 aromatic carbocycles. The van der Waals surface area contributed by atoms with Crippen molar-refractivity contribution in [1.82, 2.24) is 19.9 Å². The average Bonchev–Trinajstić information content (AvgIpc) is 2.93.